The van der Waals surface area contributed by atoms with E-state index < -0.39 is 0 Å². The van der Waals surface area contributed by atoms with E-state index in [1.807, 2.05) is 85.5 Å². The number of carbonyl (C=O) groups excluding carboxylic acids is 2. The number of amides is 3. The second-order valence-corrected chi connectivity index (χ2v) is 9.64. The van der Waals surface area contributed by atoms with Crippen molar-refractivity contribution >= 4 is 17.8 Å². The van der Waals surface area contributed by atoms with Crippen LogP contribution in [0.25, 0.3) is 11.3 Å². The van der Waals surface area contributed by atoms with Crippen LogP contribution in [0.15, 0.2) is 66.7 Å². The van der Waals surface area contributed by atoms with Crippen LogP contribution in [0.4, 0.5) is 10.6 Å². The van der Waals surface area contributed by atoms with Crippen LogP contribution in [0.2, 0.25) is 0 Å². The maximum atomic E-state index is 13.2. The second-order valence-electron chi connectivity index (χ2n) is 9.64. The van der Waals surface area contributed by atoms with Gasteiger partial charge in [0.1, 0.15) is 12.3 Å². The molecule has 1 N–H and O–H groups in total. The van der Waals surface area contributed by atoms with Gasteiger partial charge in [0.25, 0.3) is 0 Å². The van der Waals surface area contributed by atoms with Crippen LogP contribution in [0.3, 0.4) is 0 Å². The molecule has 0 unspecified atom stereocenters. The molecule has 3 aromatic rings. The van der Waals surface area contributed by atoms with Crippen LogP contribution in [-0.2, 0) is 11.2 Å². The van der Waals surface area contributed by atoms with Crippen molar-refractivity contribution < 1.29 is 14.3 Å². The van der Waals surface area contributed by atoms with Crippen molar-refractivity contribution in [1.29, 1.82) is 0 Å². The average Bonchev–Trinajstić information content (AvgIpc) is 2.95. The van der Waals surface area contributed by atoms with Crippen LogP contribution in [0.1, 0.15) is 19.4 Å². The highest BCUT2D eigenvalue weighted by atomic mass is 16.5. The number of nitrogens with zero attached hydrogens (tertiary/aromatic N) is 5. The standard InChI is InChI=1S/C29H36N6O3/c1-22(2)30-29(37)35(15-14-23-8-5-4-6-9-23)21-28(36)34-18-16-33(17-19-34)27-13-12-26(31-32-27)24-10-7-11-25(20-24)38-3/h4-13,20,22H,14-19,21H2,1-3H3,(H,30,37). The van der Waals surface area contributed by atoms with E-state index in [1.165, 1.54) is 0 Å². The Hall–Kier alpha value is -4.14. The Labute approximate surface area is 224 Å². The number of methoxy groups -OCH3 is 1. The molecule has 1 aromatic heterocycles. The molecule has 2 aromatic carbocycles. The summed E-state index contributed by atoms with van der Waals surface area (Å²) in [5.41, 5.74) is 2.85. The summed E-state index contributed by atoms with van der Waals surface area (Å²) in [4.78, 5) is 31.5. The number of hydrogen-bond donors (Lipinski definition) is 1. The lowest BCUT2D eigenvalue weighted by Crippen LogP contribution is -2.53. The van der Waals surface area contributed by atoms with Gasteiger partial charge in [-0.15, -0.1) is 10.2 Å². The fourth-order valence-corrected chi connectivity index (χ4v) is 4.38. The summed E-state index contributed by atoms with van der Waals surface area (Å²) in [6.45, 7) is 6.81. The zero-order valence-electron chi connectivity index (χ0n) is 22.3. The number of urea groups is 1. The molecule has 9 nitrogen and oxygen atoms in total. The Morgan fingerprint density at radius 3 is 2.39 bits per heavy atom. The van der Waals surface area contributed by atoms with Crippen molar-refractivity contribution in [3.05, 3.63) is 72.3 Å². The molecule has 0 saturated carbocycles. The molecule has 1 aliphatic rings. The summed E-state index contributed by atoms with van der Waals surface area (Å²) in [7, 11) is 1.64. The summed E-state index contributed by atoms with van der Waals surface area (Å²) >= 11 is 0. The number of carbonyl (C=O) groups is 2. The van der Waals surface area contributed by atoms with Crippen molar-refractivity contribution in [2.75, 3.05) is 51.3 Å². The fraction of sp³-hybridized carbons (Fsp3) is 0.379. The molecule has 9 heteroatoms. The number of anilines is 1. The van der Waals surface area contributed by atoms with Gasteiger partial charge in [-0.2, -0.15) is 0 Å². The first-order valence-electron chi connectivity index (χ1n) is 13.0. The molecule has 200 valence electrons. The number of nitrogens with one attached hydrogen (secondary N) is 1. The number of hydrogen-bond acceptors (Lipinski definition) is 6. The van der Waals surface area contributed by atoms with E-state index >= 15 is 0 Å². The first kappa shape index (κ1) is 26.9. The monoisotopic (exact) mass is 516 g/mol. The minimum absolute atomic E-state index is 0.00297. The van der Waals surface area contributed by atoms with Crippen molar-refractivity contribution in [1.82, 2.24) is 25.3 Å². The van der Waals surface area contributed by atoms with Gasteiger partial charge in [-0.05, 0) is 50.1 Å². The summed E-state index contributed by atoms with van der Waals surface area (Å²) in [6, 6.07) is 21.4. The van der Waals surface area contributed by atoms with Crippen LogP contribution in [0.5, 0.6) is 5.75 Å². The Bertz CT molecular complexity index is 1190. The second kappa shape index (κ2) is 12.9. The summed E-state index contributed by atoms with van der Waals surface area (Å²) in [5.74, 6) is 1.51. The van der Waals surface area contributed by atoms with Gasteiger partial charge in [0.15, 0.2) is 5.82 Å². The van der Waals surface area contributed by atoms with Crippen molar-refractivity contribution in [2.45, 2.75) is 26.3 Å². The van der Waals surface area contributed by atoms with Gasteiger partial charge in [0.05, 0.1) is 12.8 Å². The third-order valence-corrected chi connectivity index (χ3v) is 6.51. The van der Waals surface area contributed by atoms with Gasteiger partial charge in [-0.25, -0.2) is 4.79 Å². The maximum absolute atomic E-state index is 13.2. The largest absolute Gasteiger partial charge is 0.497 e. The first-order valence-corrected chi connectivity index (χ1v) is 13.0. The van der Waals surface area contributed by atoms with E-state index in [4.69, 9.17) is 4.74 Å². The molecule has 0 atom stereocenters. The van der Waals surface area contributed by atoms with Crippen LogP contribution >= 0.6 is 0 Å². The Morgan fingerprint density at radius 2 is 1.74 bits per heavy atom. The van der Waals surface area contributed by atoms with E-state index in [2.05, 4.69) is 20.4 Å². The number of rotatable bonds is 9. The first-order chi connectivity index (χ1) is 18.4. The molecule has 0 bridgehead atoms. The number of benzene rings is 2. The quantitative estimate of drug-likeness (QED) is 0.469. The van der Waals surface area contributed by atoms with Crippen molar-refractivity contribution in [3.63, 3.8) is 0 Å². The zero-order valence-corrected chi connectivity index (χ0v) is 22.3. The van der Waals surface area contributed by atoms with Crippen molar-refractivity contribution in [3.8, 4) is 17.0 Å². The number of ether oxygens (including phenoxy) is 1. The van der Waals surface area contributed by atoms with Crippen molar-refractivity contribution in [2.24, 2.45) is 0 Å². The molecule has 0 radical (unpaired) electrons. The minimum atomic E-state index is -0.214. The molecular weight excluding hydrogens is 480 g/mol. The smallest absolute Gasteiger partial charge is 0.318 e. The molecule has 4 rings (SSSR count). The van der Waals surface area contributed by atoms with Gasteiger partial charge in [-0.3, -0.25) is 4.79 Å². The predicted molar refractivity (Wildman–Crippen MR) is 148 cm³/mol. The Balaban J connectivity index is 1.32. The third-order valence-electron chi connectivity index (χ3n) is 6.51. The minimum Gasteiger partial charge on any atom is -0.497 e. The normalized spacial score (nSPS) is 13.4. The zero-order chi connectivity index (χ0) is 26.9. The molecule has 1 aliphatic heterocycles. The summed E-state index contributed by atoms with van der Waals surface area (Å²) in [6.07, 6.45) is 0.692. The lowest BCUT2D eigenvalue weighted by molar-refractivity contribution is -0.132. The SMILES string of the molecule is COc1cccc(-c2ccc(N3CCN(C(=O)CN(CCc4ccccc4)C(=O)NC(C)C)CC3)nn2)c1. The van der Waals surface area contributed by atoms with Gasteiger partial charge in [-0.1, -0.05) is 42.5 Å². The number of piperazine rings is 1. The highest BCUT2D eigenvalue weighted by Gasteiger charge is 2.25. The van der Waals surface area contributed by atoms with Crippen LogP contribution < -0.4 is 15.0 Å². The lowest BCUT2D eigenvalue weighted by Gasteiger charge is -2.36. The Morgan fingerprint density at radius 1 is 0.974 bits per heavy atom. The van der Waals surface area contributed by atoms with Crippen LogP contribution in [-0.4, -0.2) is 84.4 Å². The molecule has 3 amide bonds. The van der Waals surface area contributed by atoms with Gasteiger partial charge in [0, 0.05) is 44.3 Å². The average molecular weight is 517 g/mol. The topological polar surface area (TPSA) is 90.9 Å². The highest BCUT2D eigenvalue weighted by Crippen LogP contribution is 2.23. The van der Waals surface area contributed by atoms with E-state index in [-0.39, 0.29) is 24.5 Å². The van der Waals surface area contributed by atoms with Gasteiger partial charge in [0.2, 0.25) is 5.91 Å². The van der Waals surface area contributed by atoms with Crippen LogP contribution in [0, 0.1) is 0 Å². The third kappa shape index (κ3) is 7.21. The Kier molecular flexibility index (Phi) is 9.13. The van der Waals surface area contributed by atoms with E-state index in [0.29, 0.717) is 39.1 Å². The summed E-state index contributed by atoms with van der Waals surface area (Å²) < 4.78 is 5.30. The molecule has 1 fully saturated rings. The maximum Gasteiger partial charge on any atom is 0.318 e. The van der Waals surface area contributed by atoms with E-state index in [9.17, 15) is 9.59 Å². The summed E-state index contributed by atoms with van der Waals surface area (Å²) in [5, 5.41) is 11.8. The number of aromatic nitrogens is 2. The molecule has 1 saturated heterocycles. The molecule has 38 heavy (non-hydrogen) atoms. The van der Waals surface area contributed by atoms with Gasteiger partial charge < -0.3 is 24.8 Å². The fourth-order valence-electron chi connectivity index (χ4n) is 4.38. The molecule has 0 spiro atoms. The lowest BCUT2D eigenvalue weighted by atomic mass is 10.1. The highest BCUT2D eigenvalue weighted by molar-refractivity contribution is 5.84. The molecule has 0 aliphatic carbocycles. The molecule has 2 heterocycles. The van der Waals surface area contributed by atoms with Gasteiger partial charge >= 0.3 is 6.03 Å². The van der Waals surface area contributed by atoms with E-state index in [0.717, 1.165) is 28.4 Å². The predicted octanol–water partition coefficient (Wildman–Crippen LogP) is 3.46. The molecular formula is C29H36N6O3. The van der Waals surface area contributed by atoms with E-state index in [1.54, 1.807) is 12.0 Å².